The summed E-state index contributed by atoms with van der Waals surface area (Å²) in [5, 5.41) is 21.2. The molecule has 0 aliphatic heterocycles. The van der Waals surface area contributed by atoms with E-state index in [9.17, 15) is 4.79 Å². The van der Waals surface area contributed by atoms with Gasteiger partial charge in [-0.15, -0.1) is 21.5 Å². The lowest BCUT2D eigenvalue weighted by Crippen LogP contribution is -2.15. The quantitative estimate of drug-likeness (QED) is 0.367. The number of nitrogens with zero attached hydrogens (tertiary/aromatic N) is 5. The van der Waals surface area contributed by atoms with E-state index in [4.69, 9.17) is 0 Å². The molecule has 150 valence electrons. The minimum Gasteiger partial charge on any atom is -0.355 e. The van der Waals surface area contributed by atoms with E-state index in [0.717, 1.165) is 11.1 Å². The molecule has 0 aliphatic carbocycles. The Morgan fingerprint density at radius 3 is 2.83 bits per heavy atom. The fourth-order valence-corrected chi connectivity index (χ4v) is 4.27. The largest absolute Gasteiger partial charge is 0.355 e. The van der Waals surface area contributed by atoms with Crippen LogP contribution in [0.2, 0.25) is 0 Å². The van der Waals surface area contributed by atoms with Crippen molar-refractivity contribution in [2.24, 2.45) is 0 Å². The number of thiophene rings is 1. The molecule has 0 spiro atoms. The van der Waals surface area contributed by atoms with Crippen LogP contribution in [0.5, 0.6) is 0 Å². The van der Waals surface area contributed by atoms with Crippen LogP contribution in [-0.4, -0.2) is 49.3 Å². The van der Waals surface area contributed by atoms with Crippen LogP contribution in [0, 0.1) is 0 Å². The normalized spacial score (nSPS) is 11.1. The highest BCUT2D eigenvalue weighted by molar-refractivity contribution is 7.99. The van der Waals surface area contributed by atoms with Gasteiger partial charge in [-0.1, -0.05) is 11.8 Å². The zero-order valence-electron chi connectivity index (χ0n) is 16.0. The summed E-state index contributed by atoms with van der Waals surface area (Å²) < 4.78 is 2.92. The van der Waals surface area contributed by atoms with Crippen molar-refractivity contribution in [3.05, 3.63) is 29.6 Å². The first kappa shape index (κ1) is 19.4. The van der Waals surface area contributed by atoms with Gasteiger partial charge in [-0.25, -0.2) is 4.40 Å². The first-order valence-corrected chi connectivity index (χ1v) is 11.0. The van der Waals surface area contributed by atoms with Crippen LogP contribution >= 0.6 is 23.1 Å². The second-order valence-electron chi connectivity index (χ2n) is 6.06. The number of amides is 1. The molecule has 0 saturated heterocycles. The topological polar surface area (TPSA) is 109 Å². The van der Waals surface area contributed by atoms with E-state index in [1.54, 1.807) is 15.7 Å². The number of hydrogen-bond donors (Lipinski definition) is 3. The van der Waals surface area contributed by atoms with E-state index in [-0.39, 0.29) is 11.7 Å². The molecule has 0 saturated carbocycles. The van der Waals surface area contributed by atoms with Crippen molar-refractivity contribution >= 4 is 62.5 Å². The van der Waals surface area contributed by atoms with Crippen molar-refractivity contribution in [2.45, 2.75) is 19.0 Å². The minimum absolute atomic E-state index is 0.114. The van der Waals surface area contributed by atoms with Crippen LogP contribution in [0.25, 0.3) is 15.9 Å². The summed E-state index contributed by atoms with van der Waals surface area (Å²) in [6, 6.07) is 7.93. The average molecular weight is 429 g/mol. The molecular formula is C18H20N8OS2. The zero-order valence-corrected chi connectivity index (χ0v) is 17.6. The van der Waals surface area contributed by atoms with E-state index in [0.29, 0.717) is 35.9 Å². The first-order valence-electron chi connectivity index (χ1n) is 9.18. The van der Waals surface area contributed by atoms with E-state index in [2.05, 4.69) is 36.1 Å². The number of carbonyl (C=O) groups excluding carboxylic acids is 1. The second-order valence-corrected chi connectivity index (χ2v) is 7.95. The summed E-state index contributed by atoms with van der Waals surface area (Å²) in [4.78, 5) is 21.3. The molecule has 4 rings (SSSR count). The van der Waals surface area contributed by atoms with E-state index >= 15 is 0 Å². The Labute approximate surface area is 175 Å². The highest BCUT2D eigenvalue weighted by atomic mass is 32.2. The number of thioether (sulfide) groups is 1. The smallest absolute Gasteiger partial charge is 0.261 e. The summed E-state index contributed by atoms with van der Waals surface area (Å²) in [5.41, 5.74) is 0.777. The number of aromatic nitrogens is 5. The van der Waals surface area contributed by atoms with Gasteiger partial charge in [0.1, 0.15) is 0 Å². The van der Waals surface area contributed by atoms with Gasteiger partial charge in [0.15, 0.2) is 5.16 Å². The Morgan fingerprint density at radius 1 is 1.14 bits per heavy atom. The molecular weight excluding hydrogens is 408 g/mol. The Morgan fingerprint density at radius 2 is 2.00 bits per heavy atom. The molecule has 0 aliphatic rings. The van der Waals surface area contributed by atoms with Crippen LogP contribution in [0.1, 0.15) is 13.8 Å². The number of nitrogens with one attached hydrogen (secondary N) is 3. The maximum absolute atomic E-state index is 12.4. The fourth-order valence-electron chi connectivity index (χ4n) is 2.77. The Bertz CT molecular complexity index is 1160. The lowest BCUT2D eigenvalue weighted by atomic mass is 10.2. The predicted octanol–water partition coefficient (Wildman–Crippen LogP) is 3.33. The molecule has 1 amide bonds. The molecule has 9 nitrogen and oxygen atoms in total. The third kappa shape index (κ3) is 4.25. The highest BCUT2D eigenvalue weighted by Crippen LogP contribution is 2.25. The zero-order chi connectivity index (χ0) is 20.2. The second kappa shape index (κ2) is 8.62. The van der Waals surface area contributed by atoms with Crippen LogP contribution < -0.4 is 16.0 Å². The van der Waals surface area contributed by atoms with E-state index in [1.165, 1.54) is 16.5 Å². The van der Waals surface area contributed by atoms with Gasteiger partial charge in [0.25, 0.3) is 5.78 Å². The molecule has 11 heteroatoms. The summed E-state index contributed by atoms with van der Waals surface area (Å²) in [7, 11) is 0. The van der Waals surface area contributed by atoms with Crippen molar-refractivity contribution in [3.8, 4) is 0 Å². The minimum atomic E-state index is -0.114. The van der Waals surface area contributed by atoms with Gasteiger partial charge >= 0.3 is 0 Å². The van der Waals surface area contributed by atoms with Gasteiger partial charge in [0, 0.05) is 23.5 Å². The van der Waals surface area contributed by atoms with Gasteiger partial charge in [0.05, 0.1) is 5.75 Å². The third-order valence-corrected chi connectivity index (χ3v) is 5.81. The molecule has 0 atom stereocenters. The first-order chi connectivity index (χ1) is 14.2. The summed E-state index contributed by atoms with van der Waals surface area (Å²) in [5.74, 6) is 1.59. The van der Waals surface area contributed by atoms with Crippen LogP contribution in [0.15, 0.2) is 34.8 Å². The Kier molecular flexibility index (Phi) is 5.76. The summed E-state index contributed by atoms with van der Waals surface area (Å²) in [6.07, 6.45) is 0. The number of hydrogen-bond acceptors (Lipinski definition) is 9. The summed E-state index contributed by atoms with van der Waals surface area (Å²) >= 11 is 2.96. The van der Waals surface area contributed by atoms with E-state index in [1.807, 2.05) is 43.5 Å². The van der Waals surface area contributed by atoms with Gasteiger partial charge in [-0.05, 0) is 48.9 Å². The molecule has 0 radical (unpaired) electrons. The standard InChI is InChI=1S/C18H20N8OS2/c1-3-19-15-22-16(20-4-2)26-17(23-15)24-25-18(26)29-10-14(27)21-12-5-6-13-11(9-12)7-8-28-13/h5-9H,3-4,10H2,1-2H3,(H,21,27)(H2,19,20,22,23,24). The molecule has 0 fully saturated rings. The van der Waals surface area contributed by atoms with Crippen LogP contribution in [0.3, 0.4) is 0 Å². The molecule has 0 bridgehead atoms. The lowest BCUT2D eigenvalue weighted by Gasteiger charge is -2.09. The van der Waals surface area contributed by atoms with Crippen molar-refractivity contribution < 1.29 is 4.79 Å². The lowest BCUT2D eigenvalue weighted by molar-refractivity contribution is -0.113. The molecule has 1 aromatic carbocycles. The third-order valence-electron chi connectivity index (χ3n) is 3.98. The molecule has 29 heavy (non-hydrogen) atoms. The highest BCUT2D eigenvalue weighted by Gasteiger charge is 2.16. The van der Waals surface area contributed by atoms with Crippen molar-refractivity contribution in [2.75, 3.05) is 34.8 Å². The number of rotatable bonds is 8. The van der Waals surface area contributed by atoms with Gasteiger partial charge < -0.3 is 16.0 Å². The van der Waals surface area contributed by atoms with Crippen molar-refractivity contribution in [1.29, 1.82) is 0 Å². The number of carbonyl (C=O) groups is 1. The van der Waals surface area contributed by atoms with E-state index < -0.39 is 0 Å². The molecule has 3 N–H and O–H groups in total. The molecule has 3 aromatic heterocycles. The summed E-state index contributed by atoms with van der Waals surface area (Å²) in [6.45, 7) is 5.34. The molecule has 3 heterocycles. The monoisotopic (exact) mass is 428 g/mol. The van der Waals surface area contributed by atoms with Crippen LogP contribution in [0.4, 0.5) is 17.6 Å². The Hall–Kier alpha value is -2.92. The number of fused-ring (bicyclic) bond motifs is 2. The van der Waals surface area contributed by atoms with Gasteiger partial charge in [-0.3, -0.25) is 4.79 Å². The van der Waals surface area contributed by atoms with Crippen molar-refractivity contribution in [3.63, 3.8) is 0 Å². The Balaban J connectivity index is 1.49. The maximum atomic E-state index is 12.4. The number of anilines is 3. The van der Waals surface area contributed by atoms with Crippen molar-refractivity contribution in [1.82, 2.24) is 24.6 Å². The molecule has 0 unspecified atom stereocenters. The van der Waals surface area contributed by atoms with Gasteiger partial charge in [-0.2, -0.15) is 9.97 Å². The van der Waals surface area contributed by atoms with Crippen LogP contribution in [-0.2, 0) is 4.79 Å². The fraction of sp³-hybridized carbons (Fsp3) is 0.278. The predicted molar refractivity (Wildman–Crippen MR) is 118 cm³/mol. The number of benzene rings is 1. The van der Waals surface area contributed by atoms with Gasteiger partial charge in [0.2, 0.25) is 17.8 Å². The molecule has 4 aromatic rings. The maximum Gasteiger partial charge on any atom is 0.261 e. The SMILES string of the molecule is CCNc1nc(NCC)n2c(SCC(=O)Nc3ccc4sccc4c3)nnc2n1. The average Bonchev–Trinajstić information content (AvgIpc) is 3.33.